The van der Waals surface area contributed by atoms with Gasteiger partial charge in [0.1, 0.15) is 0 Å². The predicted molar refractivity (Wildman–Crippen MR) is 83.3 cm³/mol. The molecule has 0 fully saturated rings. The van der Waals surface area contributed by atoms with Gasteiger partial charge in [-0.3, -0.25) is 4.90 Å². The highest BCUT2D eigenvalue weighted by Gasteiger charge is 2.12. The zero-order valence-electron chi connectivity index (χ0n) is 12.4. The molecule has 1 N–H and O–H groups in total. The van der Waals surface area contributed by atoms with E-state index in [0.29, 0.717) is 18.4 Å². The minimum absolute atomic E-state index is 0.140. The molecule has 1 aromatic heterocycles. The predicted octanol–water partition coefficient (Wildman–Crippen LogP) is 3.35. The molecule has 0 bridgehead atoms. The third-order valence-electron chi connectivity index (χ3n) is 2.80. The van der Waals surface area contributed by atoms with Crippen molar-refractivity contribution in [1.29, 1.82) is 0 Å². The van der Waals surface area contributed by atoms with Crippen LogP contribution in [-0.2, 0) is 6.54 Å². The van der Waals surface area contributed by atoms with Crippen molar-refractivity contribution in [2.75, 3.05) is 13.2 Å². The summed E-state index contributed by atoms with van der Waals surface area (Å²) >= 11 is 1.76. The summed E-state index contributed by atoms with van der Waals surface area (Å²) in [6.45, 7) is 11.3. The summed E-state index contributed by atoms with van der Waals surface area (Å²) in [5, 5.41) is 8.71. The van der Waals surface area contributed by atoms with E-state index in [-0.39, 0.29) is 6.61 Å². The van der Waals surface area contributed by atoms with Gasteiger partial charge in [-0.15, -0.1) is 11.3 Å². The van der Waals surface area contributed by atoms with Crippen LogP contribution in [0.15, 0.2) is 12.1 Å². The van der Waals surface area contributed by atoms with Crippen LogP contribution >= 0.6 is 11.3 Å². The largest absolute Gasteiger partial charge is 0.395 e. The van der Waals surface area contributed by atoms with Crippen molar-refractivity contribution in [3.8, 4) is 11.8 Å². The second-order valence-corrected chi connectivity index (χ2v) is 6.63. The van der Waals surface area contributed by atoms with Gasteiger partial charge in [-0.2, -0.15) is 0 Å². The Labute approximate surface area is 121 Å². The fraction of sp³-hybridized carbons (Fsp3) is 0.625. The molecule has 106 valence electrons. The topological polar surface area (TPSA) is 23.5 Å². The Balaban J connectivity index is 2.63. The molecule has 0 radical (unpaired) electrons. The van der Waals surface area contributed by atoms with Crippen LogP contribution in [0.1, 0.15) is 43.9 Å². The summed E-state index contributed by atoms with van der Waals surface area (Å²) in [5.74, 6) is 6.76. The van der Waals surface area contributed by atoms with E-state index in [4.69, 9.17) is 5.11 Å². The fourth-order valence-corrected chi connectivity index (χ4v) is 2.77. The first-order valence-corrected chi connectivity index (χ1v) is 7.77. The zero-order valence-corrected chi connectivity index (χ0v) is 13.3. The van der Waals surface area contributed by atoms with Crippen molar-refractivity contribution in [3.05, 3.63) is 21.9 Å². The van der Waals surface area contributed by atoms with Crippen LogP contribution in [0.3, 0.4) is 0 Å². The SMILES string of the molecule is CC(C)CN(Cc1ccc(C#CCCO)s1)C(C)C. The van der Waals surface area contributed by atoms with Crippen LogP contribution in [-0.4, -0.2) is 29.2 Å². The second-order valence-electron chi connectivity index (χ2n) is 5.46. The summed E-state index contributed by atoms with van der Waals surface area (Å²) in [4.78, 5) is 4.96. The Morgan fingerprint density at radius 3 is 2.58 bits per heavy atom. The van der Waals surface area contributed by atoms with E-state index in [1.54, 1.807) is 11.3 Å². The normalized spacial score (nSPS) is 11.2. The highest BCUT2D eigenvalue weighted by molar-refractivity contribution is 7.12. The van der Waals surface area contributed by atoms with E-state index in [0.717, 1.165) is 18.0 Å². The van der Waals surface area contributed by atoms with Crippen molar-refractivity contribution in [2.45, 2.75) is 46.7 Å². The average Bonchev–Trinajstić information content (AvgIpc) is 2.76. The van der Waals surface area contributed by atoms with Crippen LogP contribution in [0.5, 0.6) is 0 Å². The van der Waals surface area contributed by atoms with Gasteiger partial charge >= 0.3 is 0 Å². The average molecular weight is 279 g/mol. The number of aliphatic hydroxyl groups excluding tert-OH is 1. The Morgan fingerprint density at radius 2 is 2.00 bits per heavy atom. The molecule has 0 aliphatic heterocycles. The van der Waals surface area contributed by atoms with Crippen LogP contribution in [0.25, 0.3) is 0 Å². The van der Waals surface area contributed by atoms with E-state index in [1.165, 1.54) is 4.88 Å². The fourth-order valence-electron chi connectivity index (χ4n) is 1.86. The maximum absolute atomic E-state index is 8.71. The summed E-state index contributed by atoms with van der Waals surface area (Å²) in [6.07, 6.45) is 0.554. The Kier molecular flexibility index (Phi) is 7.15. The Morgan fingerprint density at radius 1 is 1.26 bits per heavy atom. The van der Waals surface area contributed by atoms with Crippen LogP contribution < -0.4 is 0 Å². The van der Waals surface area contributed by atoms with E-state index in [1.807, 2.05) is 0 Å². The van der Waals surface area contributed by atoms with E-state index >= 15 is 0 Å². The monoisotopic (exact) mass is 279 g/mol. The lowest BCUT2D eigenvalue weighted by Gasteiger charge is -2.27. The van der Waals surface area contributed by atoms with Crippen molar-refractivity contribution < 1.29 is 5.11 Å². The molecule has 0 spiro atoms. The van der Waals surface area contributed by atoms with Gasteiger partial charge in [-0.05, 0) is 31.9 Å². The van der Waals surface area contributed by atoms with Crippen molar-refractivity contribution in [1.82, 2.24) is 4.90 Å². The Hall–Kier alpha value is -0.820. The molecule has 0 saturated carbocycles. The zero-order chi connectivity index (χ0) is 14.3. The molecule has 1 heterocycles. The van der Waals surface area contributed by atoms with Gasteiger partial charge in [0.25, 0.3) is 0 Å². The molecule has 0 saturated heterocycles. The second kappa shape index (κ2) is 8.37. The highest BCUT2D eigenvalue weighted by Crippen LogP contribution is 2.19. The summed E-state index contributed by atoms with van der Waals surface area (Å²) < 4.78 is 0. The molecule has 0 aliphatic carbocycles. The van der Waals surface area contributed by atoms with Gasteiger partial charge in [-0.1, -0.05) is 25.7 Å². The minimum Gasteiger partial charge on any atom is -0.395 e. The van der Waals surface area contributed by atoms with Gasteiger partial charge in [0.15, 0.2) is 0 Å². The molecule has 3 heteroatoms. The summed E-state index contributed by atoms with van der Waals surface area (Å²) in [6, 6.07) is 4.81. The molecule has 1 aromatic rings. The molecule has 0 amide bonds. The molecular formula is C16H25NOS. The maximum Gasteiger partial charge on any atom is 0.0771 e. The molecule has 0 unspecified atom stereocenters. The van der Waals surface area contributed by atoms with Crippen molar-refractivity contribution >= 4 is 11.3 Å². The molecule has 0 atom stereocenters. The molecule has 0 aliphatic rings. The number of thiophene rings is 1. The molecule has 19 heavy (non-hydrogen) atoms. The van der Waals surface area contributed by atoms with Crippen molar-refractivity contribution in [2.24, 2.45) is 5.92 Å². The van der Waals surface area contributed by atoms with Gasteiger partial charge in [0.05, 0.1) is 11.5 Å². The third-order valence-corrected chi connectivity index (χ3v) is 3.78. The molecule has 0 aromatic carbocycles. The molecule has 1 rings (SSSR count). The number of hydrogen-bond acceptors (Lipinski definition) is 3. The van der Waals surface area contributed by atoms with Crippen LogP contribution in [0, 0.1) is 17.8 Å². The minimum atomic E-state index is 0.140. The number of nitrogens with zero attached hydrogens (tertiary/aromatic N) is 1. The first-order valence-electron chi connectivity index (χ1n) is 6.95. The Bertz CT molecular complexity index is 425. The van der Waals surface area contributed by atoms with Gasteiger partial charge in [-0.25, -0.2) is 0 Å². The first-order chi connectivity index (χ1) is 9.02. The van der Waals surface area contributed by atoms with Crippen LogP contribution in [0.2, 0.25) is 0 Å². The maximum atomic E-state index is 8.71. The van der Waals surface area contributed by atoms with Gasteiger partial charge in [0, 0.05) is 30.4 Å². The lowest BCUT2D eigenvalue weighted by atomic mass is 10.2. The van der Waals surface area contributed by atoms with E-state index < -0.39 is 0 Å². The quantitative estimate of drug-likeness (QED) is 0.807. The lowest BCUT2D eigenvalue weighted by molar-refractivity contribution is 0.191. The standard InChI is InChI=1S/C16H25NOS/c1-13(2)11-17(14(3)4)12-16-9-8-15(19-16)7-5-6-10-18/h8-9,13-14,18H,6,10-12H2,1-4H3. The number of rotatable bonds is 6. The van der Waals surface area contributed by atoms with E-state index in [9.17, 15) is 0 Å². The summed E-state index contributed by atoms with van der Waals surface area (Å²) in [5.41, 5.74) is 0. The summed E-state index contributed by atoms with van der Waals surface area (Å²) in [7, 11) is 0. The van der Waals surface area contributed by atoms with E-state index in [2.05, 4.69) is 56.6 Å². The van der Waals surface area contributed by atoms with Gasteiger partial charge < -0.3 is 5.11 Å². The van der Waals surface area contributed by atoms with Gasteiger partial charge in [0.2, 0.25) is 0 Å². The molecule has 2 nitrogen and oxygen atoms in total. The lowest BCUT2D eigenvalue weighted by Crippen LogP contribution is -2.33. The number of aliphatic hydroxyl groups is 1. The smallest absolute Gasteiger partial charge is 0.0771 e. The first kappa shape index (κ1) is 16.2. The van der Waals surface area contributed by atoms with Crippen molar-refractivity contribution in [3.63, 3.8) is 0 Å². The highest BCUT2D eigenvalue weighted by atomic mass is 32.1. The third kappa shape index (κ3) is 6.24. The van der Waals surface area contributed by atoms with Crippen LogP contribution in [0.4, 0.5) is 0 Å². The molecular weight excluding hydrogens is 254 g/mol. The number of hydrogen-bond donors (Lipinski definition) is 1.